The molecule has 0 aliphatic heterocycles. The molecule has 0 amide bonds. The lowest BCUT2D eigenvalue weighted by Gasteiger charge is -2.32. The van der Waals surface area contributed by atoms with Crippen LogP contribution in [0.15, 0.2) is 91.0 Å². The van der Waals surface area contributed by atoms with Gasteiger partial charge in [0.15, 0.2) is 0 Å². The molecule has 3 aliphatic rings. The maximum atomic E-state index is 2.49. The highest BCUT2D eigenvalue weighted by atomic mass is 28.3. The molecule has 1 heteroatoms. The summed E-state index contributed by atoms with van der Waals surface area (Å²) in [6, 6.07) is 26.9. The minimum absolute atomic E-state index is 0.530. The van der Waals surface area contributed by atoms with Crippen LogP contribution in [0.25, 0.3) is 18.2 Å². The molecular formula is C27H21Si. The van der Waals surface area contributed by atoms with E-state index in [0.717, 1.165) is 0 Å². The summed E-state index contributed by atoms with van der Waals surface area (Å²) in [6.07, 6.45) is 14.5. The van der Waals surface area contributed by atoms with Gasteiger partial charge in [0, 0.05) is 0 Å². The molecule has 0 bridgehead atoms. The predicted octanol–water partition coefficient (Wildman–Crippen LogP) is 6.53. The standard InChI is InChI=1S/C27H21Si/c1-4-10-22-19(7-1)13-16-25(22)28(26-17-14-20-8-2-5-11-23(20)26)27-18-15-21-9-3-6-12-24(21)27/h1-18,25-27H. The quantitative estimate of drug-likeness (QED) is 0.458. The van der Waals surface area contributed by atoms with Gasteiger partial charge in [-0.15, -0.1) is 0 Å². The lowest BCUT2D eigenvalue weighted by Crippen LogP contribution is -2.35. The largest absolute Gasteiger partial charge is 0.0867 e. The summed E-state index contributed by atoms with van der Waals surface area (Å²) in [5.41, 5.74) is 10.4. The third kappa shape index (κ3) is 2.36. The van der Waals surface area contributed by atoms with Crippen LogP contribution in [0, 0.1) is 0 Å². The molecule has 3 aliphatic carbocycles. The van der Waals surface area contributed by atoms with Crippen molar-refractivity contribution in [1.82, 2.24) is 0 Å². The Balaban J connectivity index is 1.51. The molecule has 0 saturated heterocycles. The van der Waals surface area contributed by atoms with Crippen LogP contribution in [-0.4, -0.2) is 8.80 Å². The SMILES string of the molecule is C1=CC([Si](C2C=Cc3ccccc32)C2C=Cc3ccccc32)c2ccccc21. The van der Waals surface area contributed by atoms with Crippen molar-refractivity contribution in [3.63, 3.8) is 0 Å². The third-order valence-electron chi connectivity index (χ3n) is 6.48. The number of fused-ring (bicyclic) bond motifs is 3. The monoisotopic (exact) mass is 373 g/mol. The van der Waals surface area contributed by atoms with Gasteiger partial charge < -0.3 is 0 Å². The van der Waals surface area contributed by atoms with Gasteiger partial charge >= 0.3 is 0 Å². The van der Waals surface area contributed by atoms with Crippen molar-refractivity contribution < 1.29 is 0 Å². The Hall–Kier alpha value is -2.90. The number of hydrogen-bond donors (Lipinski definition) is 0. The maximum absolute atomic E-state index is 2.49. The van der Waals surface area contributed by atoms with E-state index in [0.29, 0.717) is 16.6 Å². The molecule has 3 atom stereocenters. The highest BCUT2D eigenvalue weighted by Gasteiger charge is 2.42. The highest BCUT2D eigenvalue weighted by Crippen LogP contribution is 2.48. The van der Waals surface area contributed by atoms with E-state index in [1.165, 1.54) is 33.4 Å². The van der Waals surface area contributed by atoms with Gasteiger partial charge in [0.2, 0.25) is 0 Å². The molecule has 0 N–H and O–H groups in total. The van der Waals surface area contributed by atoms with Crippen LogP contribution in [0.5, 0.6) is 0 Å². The van der Waals surface area contributed by atoms with Gasteiger partial charge in [-0.05, 0) is 50.0 Å². The Morgan fingerprint density at radius 1 is 0.429 bits per heavy atom. The number of rotatable bonds is 3. The molecule has 3 unspecified atom stereocenters. The Morgan fingerprint density at radius 2 is 0.750 bits per heavy atom. The van der Waals surface area contributed by atoms with E-state index in [1.807, 2.05) is 0 Å². The molecule has 0 nitrogen and oxygen atoms in total. The van der Waals surface area contributed by atoms with Gasteiger partial charge in [-0.25, -0.2) is 0 Å². The predicted molar refractivity (Wildman–Crippen MR) is 120 cm³/mol. The van der Waals surface area contributed by atoms with E-state index in [-0.39, 0.29) is 0 Å². The number of allylic oxidation sites excluding steroid dienone is 3. The molecule has 0 aromatic heterocycles. The normalized spacial score (nSPS) is 23.2. The summed E-state index contributed by atoms with van der Waals surface area (Å²) >= 11 is 0. The van der Waals surface area contributed by atoms with Crippen LogP contribution in [-0.2, 0) is 0 Å². The summed E-state index contributed by atoms with van der Waals surface area (Å²) < 4.78 is 0. The van der Waals surface area contributed by atoms with E-state index >= 15 is 0 Å². The second-order valence-corrected chi connectivity index (χ2v) is 10.8. The van der Waals surface area contributed by atoms with E-state index in [9.17, 15) is 0 Å². The Morgan fingerprint density at radius 3 is 1.11 bits per heavy atom. The van der Waals surface area contributed by atoms with Gasteiger partial charge in [0.25, 0.3) is 0 Å². The molecule has 0 heterocycles. The first-order chi connectivity index (χ1) is 13.9. The fraction of sp³-hybridized carbons (Fsp3) is 0.111. The topological polar surface area (TPSA) is 0 Å². The third-order valence-corrected chi connectivity index (χ3v) is 10.1. The van der Waals surface area contributed by atoms with E-state index in [1.54, 1.807) is 0 Å². The Kier molecular flexibility index (Phi) is 3.63. The van der Waals surface area contributed by atoms with Gasteiger partial charge in [0.05, 0.1) is 8.80 Å². The molecule has 6 rings (SSSR count). The lowest BCUT2D eigenvalue weighted by atomic mass is 10.1. The van der Waals surface area contributed by atoms with Crippen LogP contribution in [0.1, 0.15) is 50.0 Å². The van der Waals surface area contributed by atoms with Crippen LogP contribution in [0.4, 0.5) is 0 Å². The average molecular weight is 374 g/mol. The molecular weight excluding hydrogens is 352 g/mol. The van der Waals surface area contributed by atoms with Gasteiger partial charge in [-0.2, -0.15) is 0 Å². The minimum Gasteiger partial charge on any atom is -0.0793 e. The van der Waals surface area contributed by atoms with Crippen molar-refractivity contribution in [2.75, 3.05) is 0 Å². The van der Waals surface area contributed by atoms with Crippen molar-refractivity contribution in [2.24, 2.45) is 0 Å². The zero-order valence-corrected chi connectivity index (χ0v) is 16.6. The fourth-order valence-electron chi connectivity index (χ4n) is 5.20. The molecule has 3 aromatic carbocycles. The zero-order valence-electron chi connectivity index (χ0n) is 15.6. The molecule has 133 valence electrons. The smallest absolute Gasteiger partial charge is 0.0793 e. The van der Waals surface area contributed by atoms with Gasteiger partial charge in [-0.1, -0.05) is 109 Å². The number of benzene rings is 3. The average Bonchev–Trinajstić information content (AvgIpc) is 3.47. The lowest BCUT2D eigenvalue weighted by molar-refractivity contribution is 1.01. The molecule has 3 aromatic rings. The van der Waals surface area contributed by atoms with E-state index in [2.05, 4.69) is 109 Å². The van der Waals surface area contributed by atoms with Gasteiger partial charge in [-0.3, -0.25) is 0 Å². The van der Waals surface area contributed by atoms with Crippen LogP contribution >= 0.6 is 0 Å². The Bertz CT molecular complexity index is 1000. The summed E-state index contributed by atoms with van der Waals surface area (Å²) in [5, 5.41) is 0. The maximum Gasteiger partial charge on any atom is 0.0867 e. The first-order valence-corrected chi connectivity index (χ1v) is 11.8. The molecule has 1 radical (unpaired) electrons. The highest BCUT2D eigenvalue weighted by molar-refractivity contribution is 6.66. The van der Waals surface area contributed by atoms with Crippen molar-refractivity contribution in [1.29, 1.82) is 0 Å². The van der Waals surface area contributed by atoms with Crippen molar-refractivity contribution in [3.8, 4) is 0 Å². The zero-order chi connectivity index (χ0) is 18.5. The summed E-state index contributed by atoms with van der Waals surface area (Å²) in [4.78, 5) is 0. The minimum atomic E-state index is -0.874. The second-order valence-electron chi connectivity index (χ2n) is 7.90. The summed E-state index contributed by atoms with van der Waals surface area (Å²) in [6.45, 7) is 0. The fourth-order valence-corrected chi connectivity index (χ4v) is 9.18. The van der Waals surface area contributed by atoms with E-state index in [4.69, 9.17) is 0 Å². The molecule has 0 fully saturated rings. The van der Waals surface area contributed by atoms with Crippen molar-refractivity contribution in [2.45, 2.75) is 16.6 Å². The molecule has 0 saturated carbocycles. The number of hydrogen-bond acceptors (Lipinski definition) is 0. The van der Waals surface area contributed by atoms with Crippen molar-refractivity contribution in [3.05, 3.63) is 124 Å². The van der Waals surface area contributed by atoms with Crippen molar-refractivity contribution >= 4 is 27.0 Å². The van der Waals surface area contributed by atoms with Gasteiger partial charge in [0.1, 0.15) is 0 Å². The van der Waals surface area contributed by atoms with Crippen LogP contribution in [0.3, 0.4) is 0 Å². The second kappa shape index (κ2) is 6.32. The van der Waals surface area contributed by atoms with E-state index < -0.39 is 8.80 Å². The summed E-state index contributed by atoms with van der Waals surface area (Å²) in [7, 11) is -0.874. The first kappa shape index (κ1) is 16.1. The molecule has 28 heavy (non-hydrogen) atoms. The van der Waals surface area contributed by atoms with Crippen LogP contribution < -0.4 is 0 Å². The summed E-state index contributed by atoms with van der Waals surface area (Å²) in [5.74, 6) is 0. The molecule has 0 spiro atoms. The van der Waals surface area contributed by atoms with Crippen LogP contribution in [0.2, 0.25) is 0 Å². The Labute approximate surface area is 168 Å². The first-order valence-electron chi connectivity index (χ1n) is 10.1.